The van der Waals surface area contributed by atoms with Crippen molar-refractivity contribution in [3.05, 3.63) is 44.9 Å². The Bertz CT molecular complexity index is 960. The van der Waals surface area contributed by atoms with Crippen LogP contribution in [-0.2, 0) is 17.1 Å². The van der Waals surface area contributed by atoms with Gasteiger partial charge in [-0.15, -0.1) is 0 Å². The summed E-state index contributed by atoms with van der Waals surface area (Å²) in [7, 11) is -0.910. The first-order valence-electron chi connectivity index (χ1n) is 7.19. The minimum atomic E-state index is -3.65. The Hall–Kier alpha value is -2.07. The third-order valence-corrected chi connectivity index (χ3v) is 5.21. The van der Waals surface area contributed by atoms with Crippen molar-refractivity contribution in [3.8, 4) is 5.75 Å². The Kier molecular flexibility index (Phi) is 5.73. The zero-order valence-corrected chi connectivity index (χ0v) is 16.2. The van der Waals surface area contributed by atoms with Crippen LogP contribution in [0.2, 0.25) is 0 Å². The first-order chi connectivity index (χ1) is 11.7. The molecule has 7 nitrogen and oxygen atoms in total. The third kappa shape index (κ3) is 4.31. The highest BCUT2D eigenvalue weighted by molar-refractivity contribution is 9.10. The second-order valence-electron chi connectivity index (χ2n) is 5.09. The van der Waals surface area contributed by atoms with Crippen molar-refractivity contribution in [2.45, 2.75) is 6.92 Å². The van der Waals surface area contributed by atoms with Gasteiger partial charge in [-0.25, -0.2) is 12.8 Å². The van der Waals surface area contributed by atoms with Crippen LogP contribution in [0.5, 0.6) is 5.75 Å². The Morgan fingerprint density at radius 1 is 1.32 bits per heavy atom. The summed E-state index contributed by atoms with van der Waals surface area (Å²) in [5.41, 5.74) is -0.353. The highest BCUT2D eigenvalue weighted by atomic mass is 79.9. The van der Waals surface area contributed by atoms with E-state index >= 15 is 0 Å². The van der Waals surface area contributed by atoms with E-state index in [0.717, 1.165) is 10.6 Å². The molecule has 0 fully saturated rings. The molecular weight excluding hydrogens is 417 g/mol. The second kappa shape index (κ2) is 7.44. The summed E-state index contributed by atoms with van der Waals surface area (Å²) in [6, 6.07) is 5.47. The van der Waals surface area contributed by atoms with E-state index in [-0.39, 0.29) is 28.7 Å². The monoisotopic (exact) mass is 433 g/mol. The number of sulfonamides is 1. The van der Waals surface area contributed by atoms with Crippen molar-refractivity contribution < 1.29 is 17.5 Å². The number of benzene rings is 1. The lowest BCUT2D eigenvalue weighted by atomic mass is 10.3. The van der Waals surface area contributed by atoms with Gasteiger partial charge in [0.1, 0.15) is 17.3 Å². The number of ether oxygens (including phenoxy) is 1. The smallest absolute Gasteiger partial charge is 0.255 e. The van der Waals surface area contributed by atoms with Gasteiger partial charge in [0.05, 0.1) is 18.6 Å². The minimum absolute atomic E-state index is 0.0220. The fraction of sp³-hybridized carbons (Fsp3) is 0.267. The first kappa shape index (κ1) is 19.3. The third-order valence-electron chi connectivity index (χ3n) is 3.45. The summed E-state index contributed by atoms with van der Waals surface area (Å²) in [6.45, 7) is 1.47. The number of rotatable bonds is 6. The Morgan fingerprint density at radius 3 is 2.56 bits per heavy atom. The number of hydrogen-bond donors (Lipinski definition) is 2. The summed E-state index contributed by atoms with van der Waals surface area (Å²) in [4.78, 5) is 12.1. The number of hydrogen-bond acceptors (Lipinski definition) is 5. The Balaban J connectivity index is 2.65. The number of nitrogens with zero attached hydrogens (tertiary/aromatic N) is 1. The molecule has 1 aromatic heterocycles. The normalized spacial score (nSPS) is 11.2. The fourth-order valence-electron chi connectivity index (χ4n) is 2.03. The van der Waals surface area contributed by atoms with Crippen LogP contribution in [0, 0.1) is 5.82 Å². The van der Waals surface area contributed by atoms with Gasteiger partial charge in [0.2, 0.25) is 10.0 Å². The molecule has 0 atom stereocenters. The van der Waals surface area contributed by atoms with Gasteiger partial charge >= 0.3 is 0 Å². The molecule has 2 aromatic rings. The largest absolute Gasteiger partial charge is 0.494 e. The van der Waals surface area contributed by atoms with E-state index in [1.807, 2.05) is 0 Å². The molecule has 0 bridgehead atoms. The Morgan fingerprint density at radius 2 is 2.00 bits per heavy atom. The van der Waals surface area contributed by atoms with Crippen molar-refractivity contribution >= 4 is 43.1 Å². The molecule has 2 rings (SSSR count). The van der Waals surface area contributed by atoms with Gasteiger partial charge in [0, 0.05) is 17.6 Å². The molecule has 0 saturated heterocycles. The van der Waals surface area contributed by atoms with Crippen LogP contribution in [-0.4, -0.2) is 25.8 Å². The quantitative estimate of drug-likeness (QED) is 0.730. The van der Waals surface area contributed by atoms with E-state index in [2.05, 4.69) is 26.0 Å². The number of aromatic nitrogens is 1. The maximum absolute atomic E-state index is 14.1. The lowest BCUT2D eigenvalue weighted by Gasteiger charge is -2.19. The lowest BCUT2D eigenvalue weighted by molar-refractivity contribution is 0.415. The van der Waals surface area contributed by atoms with E-state index in [1.54, 1.807) is 6.07 Å². The molecular formula is C15H17BrFN3O4S. The molecule has 0 spiro atoms. The summed E-state index contributed by atoms with van der Waals surface area (Å²) < 4.78 is 47.3. The molecule has 10 heteroatoms. The number of nitrogens with one attached hydrogen (secondary N) is 2. The molecule has 0 saturated carbocycles. The molecule has 0 radical (unpaired) electrons. The molecule has 25 heavy (non-hydrogen) atoms. The standard InChI is InChI=1S/C15H17BrFN3O4S/c1-4-25(22,23)19-14-12(24-3)8-13(21)20(2)15(14)18-11-6-5-9(16)7-10(11)17/h5-8,18-19H,4H2,1-3H3. The van der Waals surface area contributed by atoms with Crippen LogP contribution in [0.15, 0.2) is 33.5 Å². The summed E-state index contributed by atoms with van der Waals surface area (Å²) >= 11 is 3.16. The van der Waals surface area contributed by atoms with Crippen LogP contribution in [0.1, 0.15) is 6.92 Å². The zero-order chi connectivity index (χ0) is 18.8. The highest BCUT2D eigenvalue weighted by Gasteiger charge is 2.20. The molecule has 136 valence electrons. The van der Waals surface area contributed by atoms with Gasteiger partial charge in [0.25, 0.3) is 5.56 Å². The number of halogens is 2. The second-order valence-corrected chi connectivity index (χ2v) is 8.01. The lowest BCUT2D eigenvalue weighted by Crippen LogP contribution is -2.24. The van der Waals surface area contributed by atoms with Gasteiger partial charge in [-0.1, -0.05) is 15.9 Å². The van der Waals surface area contributed by atoms with E-state index in [4.69, 9.17) is 4.74 Å². The summed E-state index contributed by atoms with van der Waals surface area (Å²) in [6.07, 6.45) is 0. The van der Waals surface area contributed by atoms with Crippen LogP contribution < -0.4 is 20.3 Å². The molecule has 1 aromatic carbocycles. The van der Waals surface area contributed by atoms with Crippen LogP contribution in [0.3, 0.4) is 0 Å². The molecule has 0 amide bonds. The number of pyridine rings is 1. The predicted octanol–water partition coefficient (Wildman–Crippen LogP) is 2.80. The van der Waals surface area contributed by atoms with Crippen molar-refractivity contribution in [2.75, 3.05) is 22.9 Å². The first-order valence-corrected chi connectivity index (χ1v) is 9.63. The molecule has 0 aliphatic rings. The average Bonchev–Trinajstić information content (AvgIpc) is 2.55. The van der Waals surface area contributed by atoms with Crippen molar-refractivity contribution in [2.24, 2.45) is 7.05 Å². The molecule has 1 heterocycles. The van der Waals surface area contributed by atoms with Gasteiger partial charge in [-0.2, -0.15) is 0 Å². The minimum Gasteiger partial charge on any atom is -0.494 e. The SMILES string of the molecule is CCS(=O)(=O)Nc1c(OC)cc(=O)n(C)c1Nc1ccc(Br)cc1F. The van der Waals surface area contributed by atoms with E-state index < -0.39 is 21.4 Å². The summed E-state index contributed by atoms with van der Waals surface area (Å²) in [5, 5.41) is 2.76. The maximum atomic E-state index is 14.1. The van der Waals surface area contributed by atoms with Gasteiger partial charge < -0.3 is 10.1 Å². The number of methoxy groups -OCH3 is 1. The van der Waals surface area contributed by atoms with Crippen LogP contribution in [0.25, 0.3) is 0 Å². The molecule has 0 aliphatic heterocycles. The van der Waals surface area contributed by atoms with Gasteiger partial charge in [0.15, 0.2) is 5.75 Å². The Labute approximate surface area is 153 Å². The topological polar surface area (TPSA) is 89.4 Å². The average molecular weight is 434 g/mol. The van der Waals surface area contributed by atoms with E-state index in [1.165, 1.54) is 33.2 Å². The van der Waals surface area contributed by atoms with Crippen LogP contribution >= 0.6 is 15.9 Å². The number of anilines is 3. The van der Waals surface area contributed by atoms with Crippen molar-refractivity contribution in [3.63, 3.8) is 0 Å². The van der Waals surface area contributed by atoms with E-state index in [0.29, 0.717) is 4.47 Å². The maximum Gasteiger partial charge on any atom is 0.255 e. The molecule has 0 unspecified atom stereocenters. The summed E-state index contributed by atoms with van der Waals surface area (Å²) in [5.74, 6) is -0.665. The fourth-order valence-corrected chi connectivity index (χ4v) is 3.01. The van der Waals surface area contributed by atoms with E-state index in [9.17, 15) is 17.6 Å². The van der Waals surface area contributed by atoms with Crippen molar-refractivity contribution in [1.29, 1.82) is 0 Å². The van der Waals surface area contributed by atoms with Gasteiger partial charge in [-0.3, -0.25) is 14.1 Å². The van der Waals surface area contributed by atoms with Crippen molar-refractivity contribution in [1.82, 2.24) is 4.57 Å². The van der Waals surface area contributed by atoms with Gasteiger partial charge in [-0.05, 0) is 25.1 Å². The molecule has 0 aliphatic carbocycles. The van der Waals surface area contributed by atoms with Crippen LogP contribution in [0.4, 0.5) is 21.6 Å². The zero-order valence-electron chi connectivity index (χ0n) is 13.8. The molecule has 2 N–H and O–H groups in total. The highest BCUT2D eigenvalue weighted by Crippen LogP contribution is 2.34. The predicted molar refractivity (Wildman–Crippen MR) is 98.7 cm³/mol.